The second kappa shape index (κ2) is 5.42. The number of aromatic amines is 1. The van der Waals surface area contributed by atoms with Crippen LogP contribution in [0.3, 0.4) is 0 Å². The minimum absolute atomic E-state index is 0.0753. The van der Waals surface area contributed by atoms with E-state index in [1.807, 2.05) is 18.2 Å². The van der Waals surface area contributed by atoms with Crippen LogP contribution in [0.1, 0.15) is 11.3 Å². The quantitative estimate of drug-likeness (QED) is 0.790. The molecule has 3 heterocycles. The lowest BCUT2D eigenvalue weighted by Crippen LogP contribution is -2.31. The summed E-state index contributed by atoms with van der Waals surface area (Å²) in [7, 11) is 0. The fourth-order valence-electron chi connectivity index (χ4n) is 2.77. The maximum atomic E-state index is 12.2. The van der Waals surface area contributed by atoms with Crippen LogP contribution in [-0.4, -0.2) is 23.1 Å². The number of hydrogen-bond donors (Lipinski definition) is 1. The molecule has 0 saturated carbocycles. The third kappa shape index (κ3) is 2.33. The highest BCUT2D eigenvalue weighted by molar-refractivity contribution is 7.11. The van der Waals surface area contributed by atoms with Crippen molar-refractivity contribution in [3.8, 4) is 0 Å². The molecule has 0 unspecified atom stereocenters. The Bertz CT molecular complexity index is 896. The molecule has 0 spiro atoms. The summed E-state index contributed by atoms with van der Waals surface area (Å²) in [5.41, 5.74) is 2.05. The number of nitrogens with one attached hydrogen (secondary N) is 1. The monoisotopic (exact) mass is 309 g/mol. The van der Waals surface area contributed by atoms with E-state index in [1.165, 1.54) is 10.5 Å². The SMILES string of the molecule is O=c1[nH]c(N2CC=C(c3cccs3)CC2)nc2ccccc12. The summed E-state index contributed by atoms with van der Waals surface area (Å²) in [6.45, 7) is 1.64. The number of thiophene rings is 1. The Kier molecular flexibility index (Phi) is 3.27. The number of hydrogen-bond acceptors (Lipinski definition) is 4. The number of anilines is 1. The van der Waals surface area contributed by atoms with Crippen molar-refractivity contribution in [2.75, 3.05) is 18.0 Å². The van der Waals surface area contributed by atoms with E-state index in [4.69, 9.17) is 0 Å². The summed E-state index contributed by atoms with van der Waals surface area (Å²) >= 11 is 1.77. The van der Waals surface area contributed by atoms with Crippen LogP contribution in [0.15, 0.2) is 52.6 Å². The van der Waals surface area contributed by atoms with Crippen molar-refractivity contribution in [1.82, 2.24) is 9.97 Å². The molecule has 4 rings (SSSR count). The molecule has 1 N–H and O–H groups in total. The number of benzene rings is 1. The summed E-state index contributed by atoms with van der Waals surface area (Å²) < 4.78 is 0. The van der Waals surface area contributed by atoms with Gasteiger partial charge in [-0.1, -0.05) is 24.3 Å². The summed E-state index contributed by atoms with van der Waals surface area (Å²) in [5, 5.41) is 2.74. The van der Waals surface area contributed by atoms with Crippen LogP contribution in [0.5, 0.6) is 0 Å². The van der Waals surface area contributed by atoms with E-state index in [2.05, 4.69) is 38.5 Å². The molecule has 22 heavy (non-hydrogen) atoms. The average Bonchev–Trinajstić information content (AvgIpc) is 3.09. The molecule has 0 amide bonds. The molecule has 0 atom stereocenters. The van der Waals surface area contributed by atoms with Gasteiger partial charge in [-0.2, -0.15) is 0 Å². The van der Waals surface area contributed by atoms with Gasteiger partial charge in [0.15, 0.2) is 0 Å². The standard InChI is InChI=1S/C17H15N3OS/c21-16-13-4-1-2-5-14(13)18-17(19-16)20-9-7-12(8-10-20)15-6-3-11-22-15/h1-7,11H,8-10H2,(H,18,19,21). The van der Waals surface area contributed by atoms with Gasteiger partial charge in [0.05, 0.1) is 10.9 Å². The Morgan fingerprint density at radius 1 is 1.18 bits per heavy atom. The lowest BCUT2D eigenvalue weighted by atomic mass is 10.1. The average molecular weight is 309 g/mol. The maximum absolute atomic E-state index is 12.2. The zero-order valence-electron chi connectivity index (χ0n) is 12.0. The lowest BCUT2D eigenvalue weighted by molar-refractivity contribution is 0.798. The zero-order chi connectivity index (χ0) is 14.9. The third-order valence-electron chi connectivity index (χ3n) is 3.95. The van der Waals surface area contributed by atoms with Crippen LogP contribution >= 0.6 is 11.3 Å². The highest BCUT2D eigenvalue weighted by Gasteiger charge is 2.16. The van der Waals surface area contributed by atoms with Crippen molar-refractivity contribution < 1.29 is 0 Å². The van der Waals surface area contributed by atoms with E-state index in [0.717, 1.165) is 25.0 Å². The van der Waals surface area contributed by atoms with Crippen LogP contribution in [0.25, 0.3) is 16.5 Å². The number of para-hydroxylation sites is 1. The normalized spacial score (nSPS) is 15.1. The number of rotatable bonds is 2. The molecular weight excluding hydrogens is 294 g/mol. The molecule has 5 heteroatoms. The molecule has 2 aromatic heterocycles. The Morgan fingerprint density at radius 2 is 2.09 bits per heavy atom. The van der Waals surface area contributed by atoms with E-state index in [-0.39, 0.29) is 5.56 Å². The number of nitrogens with zero attached hydrogens (tertiary/aromatic N) is 2. The Morgan fingerprint density at radius 3 is 2.86 bits per heavy atom. The molecule has 0 fully saturated rings. The third-order valence-corrected chi connectivity index (χ3v) is 4.89. The van der Waals surface area contributed by atoms with Crippen molar-refractivity contribution in [3.63, 3.8) is 0 Å². The van der Waals surface area contributed by atoms with Crippen molar-refractivity contribution in [2.45, 2.75) is 6.42 Å². The lowest BCUT2D eigenvalue weighted by Gasteiger charge is -2.26. The molecule has 1 aliphatic heterocycles. The van der Waals surface area contributed by atoms with Gasteiger partial charge in [0.1, 0.15) is 0 Å². The largest absolute Gasteiger partial charge is 0.338 e. The van der Waals surface area contributed by atoms with Gasteiger partial charge in [-0.05, 0) is 35.6 Å². The molecule has 1 aromatic carbocycles. The Balaban J connectivity index is 1.65. The minimum Gasteiger partial charge on any atom is -0.338 e. The molecular formula is C17H15N3OS. The number of fused-ring (bicyclic) bond motifs is 1. The smallest absolute Gasteiger partial charge is 0.260 e. The van der Waals surface area contributed by atoms with E-state index < -0.39 is 0 Å². The van der Waals surface area contributed by atoms with Crippen molar-refractivity contribution in [3.05, 3.63) is 63.1 Å². The molecule has 110 valence electrons. The second-order valence-electron chi connectivity index (χ2n) is 5.31. The Hall–Kier alpha value is -2.40. The topological polar surface area (TPSA) is 49.0 Å². The minimum atomic E-state index is -0.0753. The summed E-state index contributed by atoms with van der Waals surface area (Å²) in [5.74, 6) is 0.658. The fourth-order valence-corrected chi connectivity index (χ4v) is 3.57. The summed E-state index contributed by atoms with van der Waals surface area (Å²) in [6.07, 6.45) is 3.20. The molecule has 0 bridgehead atoms. The first-order valence-electron chi connectivity index (χ1n) is 7.28. The highest BCUT2D eigenvalue weighted by atomic mass is 32.1. The van der Waals surface area contributed by atoms with Crippen molar-refractivity contribution in [2.24, 2.45) is 0 Å². The van der Waals surface area contributed by atoms with Gasteiger partial charge >= 0.3 is 0 Å². The van der Waals surface area contributed by atoms with E-state index in [9.17, 15) is 4.79 Å². The van der Waals surface area contributed by atoms with Gasteiger partial charge in [-0.15, -0.1) is 11.3 Å². The van der Waals surface area contributed by atoms with Crippen LogP contribution < -0.4 is 10.5 Å². The van der Waals surface area contributed by atoms with E-state index in [1.54, 1.807) is 17.4 Å². The number of H-pyrrole nitrogens is 1. The van der Waals surface area contributed by atoms with E-state index >= 15 is 0 Å². The first-order chi connectivity index (χ1) is 10.8. The molecule has 1 aliphatic rings. The fraction of sp³-hybridized carbons (Fsp3) is 0.176. The van der Waals surface area contributed by atoms with Gasteiger partial charge in [0.25, 0.3) is 5.56 Å². The molecule has 0 saturated heterocycles. The van der Waals surface area contributed by atoms with Gasteiger partial charge in [0, 0.05) is 18.0 Å². The van der Waals surface area contributed by atoms with Crippen molar-refractivity contribution in [1.29, 1.82) is 0 Å². The molecule has 0 radical (unpaired) electrons. The predicted molar refractivity (Wildman–Crippen MR) is 91.5 cm³/mol. The maximum Gasteiger partial charge on any atom is 0.260 e. The molecule has 3 aromatic rings. The second-order valence-corrected chi connectivity index (χ2v) is 6.26. The van der Waals surface area contributed by atoms with Crippen molar-refractivity contribution >= 4 is 33.8 Å². The predicted octanol–water partition coefficient (Wildman–Crippen LogP) is 3.28. The first kappa shape index (κ1) is 13.3. The number of aromatic nitrogens is 2. The van der Waals surface area contributed by atoms with Gasteiger partial charge in [-0.25, -0.2) is 4.98 Å². The Labute approximate surface area is 131 Å². The van der Waals surface area contributed by atoms with Gasteiger partial charge in [-0.3, -0.25) is 9.78 Å². The van der Waals surface area contributed by atoms with E-state index in [0.29, 0.717) is 11.3 Å². The summed E-state index contributed by atoms with van der Waals surface area (Å²) in [4.78, 5) is 23.1. The summed E-state index contributed by atoms with van der Waals surface area (Å²) in [6, 6.07) is 11.7. The molecule has 4 nitrogen and oxygen atoms in total. The molecule has 0 aliphatic carbocycles. The zero-order valence-corrected chi connectivity index (χ0v) is 12.8. The first-order valence-corrected chi connectivity index (χ1v) is 8.16. The highest BCUT2D eigenvalue weighted by Crippen LogP contribution is 2.27. The van der Waals surface area contributed by atoms with Crippen LogP contribution in [-0.2, 0) is 0 Å². The van der Waals surface area contributed by atoms with Crippen LogP contribution in [0, 0.1) is 0 Å². The van der Waals surface area contributed by atoms with Crippen LogP contribution in [0.4, 0.5) is 5.95 Å². The van der Waals surface area contributed by atoms with Gasteiger partial charge < -0.3 is 4.90 Å². The van der Waals surface area contributed by atoms with Crippen LogP contribution in [0.2, 0.25) is 0 Å². The van der Waals surface area contributed by atoms with Gasteiger partial charge in [0.2, 0.25) is 5.95 Å².